The second kappa shape index (κ2) is 7.76. The van der Waals surface area contributed by atoms with Crippen molar-refractivity contribution >= 4 is 28.5 Å². The first-order valence-electron chi connectivity index (χ1n) is 8.54. The van der Waals surface area contributed by atoms with Crippen LogP contribution in [0.2, 0.25) is 0 Å². The quantitative estimate of drug-likeness (QED) is 0.225. The van der Waals surface area contributed by atoms with E-state index in [1.54, 1.807) is 36.1 Å². The molecule has 0 unspecified atom stereocenters. The van der Waals surface area contributed by atoms with Gasteiger partial charge in [-0.3, -0.25) is 14.9 Å². The van der Waals surface area contributed by atoms with Gasteiger partial charge in [-0.1, -0.05) is 23.9 Å². The van der Waals surface area contributed by atoms with Crippen LogP contribution in [0.5, 0.6) is 5.75 Å². The Morgan fingerprint density at radius 3 is 2.76 bits per heavy atom. The number of methoxy groups -OCH3 is 1. The molecule has 0 spiro atoms. The first-order chi connectivity index (χ1) is 14.0. The monoisotopic (exact) mass is 409 g/mol. The van der Waals surface area contributed by atoms with Crippen molar-refractivity contribution in [2.75, 3.05) is 7.11 Å². The van der Waals surface area contributed by atoms with Gasteiger partial charge in [-0.05, 0) is 29.8 Å². The third-order valence-electron chi connectivity index (χ3n) is 4.23. The first kappa shape index (κ1) is 18.7. The average Bonchev–Trinajstić information content (AvgIpc) is 3.17. The summed E-state index contributed by atoms with van der Waals surface area (Å²) in [6.07, 6.45) is 1.47. The maximum Gasteiger partial charge on any atom is 0.269 e. The molecule has 29 heavy (non-hydrogen) atoms. The van der Waals surface area contributed by atoms with Gasteiger partial charge in [0, 0.05) is 17.9 Å². The van der Waals surface area contributed by atoms with Crippen LogP contribution in [0.15, 0.2) is 64.7 Å². The van der Waals surface area contributed by atoms with Crippen LogP contribution >= 0.6 is 11.8 Å². The summed E-state index contributed by atoms with van der Waals surface area (Å²) >= 11 is 1.29. The van der Waals surface area contributed by atoms with Gasteiger partial charge in [0.15, 0.2) is 10.8 Å². The van der Waals surface area contributed by atoms with Crippen LogP contribution < -0.4 is 10.3 Å². The molecule has 0 aliphatic rings. The molecular weight excluding hydrogens is 394 g/mol. The number of nitrogens with zero attached hydrogens (tertiary/aromatic N) is 4. The van der Waals surface area contributed by atoms with Gasteiger partial charge in [0.25, 0.3) is 11.2 Å². The van der Waals surface area contributed by atoms with Crippen molar-refractivity contribution in [2.24, 2.45) is 0 Å². The number of thioether (sulfide) groups is 1. The Labute approximate surface area is 168 Å². The van der Waals surface area contributed by atoms with Crippen molar-refractivity contribution in [2.45, 2.75) is 10.9 Å². The fourth-order valence-electron chi connectivity index (χ4n) is 2.79. The largest absolute Gasteiger partial charge is 0.497 e. The molecule has 10 heteroatoms. The highest BCUT2D eigenvalue weighted by atomic mass is 32.2. The second-order valence-electron chi connectivity index (χ2n) is 6.08. The Morgan fingerprint density at radius 1 is 1.24 bits per heavy atom. The molecule has 1 N–H and O–H groups in total. The SMILES string of the molecule is COc1ccc(-n2ncc3c(=O)[nH]c(SCc4cccc([N+](=O)[O-])c4)nc32)cc1. The van der Waals surface area contributed by atoms with Crippen LogP contribution in [0.4, 0.5) is 5.69 Å². The van der Waals surface area contributed by atoms with Crippen LogP contribution in [0.1, 0.15) is 5.56 Å². The molecule has 4 rings (SSSR count). The van der Waals surface area contributed by atoms with Crippen LogP contribution in [-0.4, -0.2) is 31.8 Å². The smallest absolute Gasteiger partial charge is 0.269 e. The number of benzene rings is 2. The van der Waals surface area contributed by atoms with E-state index in [9.17, 15) is 14.9 Å². The Kier molecular flexibility index (Phi) is 5.00. The third-order valence-corrected chi connectivity index (χ3v) is 5.17. The third kappa shape index (κ3) is 3.83. The Balaban J connectivity index is 1.65. The highest BCUT2D eigenvalue weighted by molar-refractivity contribution is 7.98. The molecular formula is C19H15N5O4S. The summed E-state index contributed by atoms with van der Waals surface area (Å²) in [6, 6.07) is 13.6. The predicted octanol–water partition coefficient (Wildman–Crippen LogP) is 3.32. The number of non-ortho nitro benzene ring substituents is 1. The van der Waals surface area contributed by atoms with E-state index in [2.05, 4.69) is 15.1 Å². The molecule has 0 aliphatic carbocycles. The zero-order chi connectivity index (χ0) is 20.4. The number of H-pyrrole nitrogens is 1. The minimum absolute atomic E-state index is 0.0255. The molecule has 2 aromatic carbocycles. The lowest BCUT2D eigenvalue weighted by Crippen LogP contribution is -2.09. The first-order valence-corrected chi connectivity index (χ1v) is 9.52. The lowest BCUT2D eigenvalue weighted by molar-refractivity contribution is -0.384. The molecule has 146 valence electrons. The predicted molar refractivity (Wildman–Crippen MR) is 109 cm³/mol. The molecule has 0 saturated carbocycles. The van der Waals surface area contributed by atoms with E-state index in [4.69, 9.17) is 4.74 Å². The van der Waals surface area contributed by atoms with Crippen LogP contribution in [0.3, 0.4) is 0 Å². The fraction of sp³-hybridized carbons (Fsp3) is 0.105. The number of ether oxygens (including phenoxy) is 1. The summed E-state index contributed by atoms with van der Waals surface area (Å²) in [5.74, 6) is 1.14. The molecule has 0 atom stereocenters. The standard InChI is InChI=1S/C19H15N5O4S/c1-28-15-7-5-13(6-8-15)23-17-16(10-20-23)18(25)22-19(21-17)29-11-12-3-2-4-14(9-12)24(26)27/h2-10H,11H2,1H3,(H,21,22,25). The van der Waals surface area contributed by atoms with E-state index in [1.807, 2.05) is 12.1 Å². The molecule has 0 aliphatic heterocycles. The van der Waals surface area contributed by atoms with Crippen LogP contribution in [-0.2, 0) is 5.75 Å². The molecule has 0 saturated heterocycles. The van der Waals surface area contributed by atoms with Crippen molar-refractivity contribution in [3.05, 3.63) is 80.8 Å². The highest BCUT2D eigenvalue weighted by Gasteiger charge is 2.13. The number of nitro groups is 1. The Hall–Kier alpha value is -3.66. The lowest BCUT2D eigenvalue weighted by Gasteiger charge is -2.06. The van der Waals surface area contributed by atoms with E-state index in [1.165, 1.54) is 30.1 Å². The zero-order valence-corrected chi connectivity index (χ0v) is 16.0. The number of hydrogen-bond donors (Lipinski definition) is 1. The van der Waals surface area contributed by atoms with Gasteiger partial charge in [-0.25, -0.2) is 9.67 Å². The summed E-state index contributed by atoms with van der Waals surface area (Å²) in [4.78, 5) is 30.2. The van der Waals surface area contributed by atoms with Gasteiger partial charge in [-0.15, -0.1) is 0 Å². The Morgan fingerprint density at radius 2 is 2.03 bits per heavy atom. The fourth-order valence-corrected chi connectivity index (χ4v) is 3.59. The molecule has 0 amide bonds. The molecule has 2 aromatic heterocycles. The molecule has 0 radical (unpaired) electrons. The van der Waals surface area contributed by atoms with Crippen molar-refractivity contribution in [1.82, 2.24) is 19.7 Å². The van der Waals surface area contributed by atoms with E-state index in [0.717, 1.165) is 11.3 Å². The van der Waals surface area contributed by atoms with Gasteiger partial charge >= 0.3 is 0 Å². The van der Waals surface area contributed by atoms with Gasteiger partial charge in [0.2, 0.25) is 0 Å². The van der Waals surface area contributed by atoms with Crippen molar-refractivity contribution in [3.8, 4) is 11.4 Å². The molecule has 0 fully saturated rings. The molecule has 0 bridgehead atoms. The van der Waals surface area contributed by atoms with E-state index in [-0.39, 0.29) is 11.2 Å². The number of hydrogen-bond acceptors (Lipinski definition) is 7. The minimum Gasteiger partial charge on any atom is -0.497 e. The minimum atomic E-state index is -0.437. The summed E-state index contributed by atoms with van der Waals surface area (Å²) in [5, 5.41) is 16.0. The van der Waals surface area contributed by atoms with E-state index >= 15 is 0 Å². The van der Waals surface area contributed by atoms with Crippen LogP contribution in [0.25, 0.3) is 16.7 Å². The van der Waals surface area contributed by atoms with E-state index in [0.29, 0.717) is 27.7 Å². The summed E-state index contributed by atoms with van der Waals surface area (Å²) < 4.78 is 6.75. The number of nitro benzene ring substituents is 1. The normalized spacial score (nSPS) is 10.9. The zero-order valence-electron chi connectivity index (χ0n) is 15.2. The van der Waals surface area contributed by atoms with Gasteiger partial charge < -0.3 is 9.72 Å². The maximum absolute atomic E-state index is 12.4. The highest BCUT2D eigenvalue weighted by Crippen LogP contribution is 2.23. The Bertz CT molecular complexity index is 1250. The van der Waals surface area contributed by atoms with Gasteiger partial charge in [0.05, 0.1) is 23.9 Å². The van der Waals surface area contributed by atoms with Crippen LogP contribution in [0, 0.1) is 10.1 Å². The molecule has 4 aromatic rings. The number of nitrogens with one attached hydrogen (secondary N) is 1. The van der Waals surface area contributed by atoms with Crippen molar-refractivity contribution < 1.29 is 9.66 Å². The van der Waals surface area contributed by atoms with Crippen molar-refractivity contribution in [1.29, 1.82) is 0 Å². The van der Waals surface area contributed by atoms with E-state index < -0.39 is 4.92 Å². The summed E-state index contributed by atoms with van der Waals surface area (Å²) in [5.41, 5.74) is 1.67. The van der Waals surface area contributed by atoms with Gasteiger partial charge in [0.1, 0.15) is 11.1 Å². The second-order valence-corrected chi connectivity index (χ2v) is 7.04. The topological polar surface area (TPSA) is 116 Å². The summed E-state index contributed by atoms with van der Waals surface area (Å²) in [6.45, 7) is 0. The number of aromatic nitrogens is 4. The number of aromatic amines is 1. The van der Waals surface area contributed by atoms with Gasteiger partial charge in [-0.2, -0.15) is 5.10 Å². The molecule has 2 heterocycles. The lowest BCUT2D eigenvalue weighted by atomic mass is 10.2. The summed E-state index contributed by atoms with van der Waals surface area (Å²) in [7, 11) is 1.59. The number of rotatable bonds is 6. The average molecular weight is 409 g/mol. The maximum atomic E-state index is 12.4. The number of fused-ring (bicyclic) bond motifs is 1. The molecule has 9 nitrogen and oxygen atoms in total. The van der Waals surface area contributed by atoms with Crippen molar-refractivity contribution in [3.63, 3.8) is 0 Å².